The third kappa shape index (κ3) is 2.98. The molecular weight excluding hydrogens is 310 g/mol. The van der Waals surface area contributed by atoms with Crippen LogP contribution in [0.5, 0.6) is 0 Å². The molecule has 21 heavy (non-hydrogen) atoms. The predicted molar refractivity (Wildman–Crippen MR) is 80.9 cm³/mol. The Hall–Kier alpha value is -1.74. The summed E-state index contributed by atoms with van der Waals surface area (Å²) in [6, 6.07) is 1.33. The molecule has 9 heteroatoms. The second-order valence-corrected chi connectivity index (χ2v) is 6.90. The Morgan fingerprint density at radius 1 is 1.48 bits per heavy atom. The highest BCUT2D eigenvalue weighted by Gasteiger charge is 2.27. The Bertz CT molecular complexity index is 754. The maximum Gasteiger partial charge on any atom is 0.254 e. The van der Waals surface area contributed by atoms with Crippen molar-refractivity contribution in [1.29, 1.82) is 0 Å². The van der Waals surface area contributed by atoms with E-state index in [0.29, 0.717) is 21.7 Å². The minimum atomic E-state index is -0.169. The average molecular weight is 323 g/mol. The molecule has 3 rings (SSSR count). The number of hydrogen-bond donors (Lipinski definition) is 1. The van der Waals surface area contributed by atoms with Crippen molar-refractivity contribution in [2.45, 2.75) is 31.5 Å². The lowest BCUT2D eigenvalue weighted by Crippen LogP contribution is -2.27. The van der Waals surface area contributed by atoms with Crippen molar-refractivity contribution in [3.8, 4) is 0 Å². The molecule has 0 radical (unpaired) electrons. The SMILES string of the molecule is Cc1cc(=O)n2c(n1)SC[C@H]2CC(=O)Nc1nnc(C)s1. The molecule has 1 N–H and O–H groups in total. The lowest BCUT2D eigenvalue weighted by Gasteiger charge is -2.12. The van der Waals surface area contributed by atoms with Gasteiger partial charge in [-0.1, -0.05) is 23.1 Å². The number of hydrogen-bond acceptors (Lipinski definition) is 7. The maximum atomic E-state index is 12.0. The van der Waals surface area contributed by atoms with Gasteiger partial charge in [0.05, 0.1) is 6.04 Å². The van der Waals surface area contributed by atoms with Crippen molar-refractivity contribution in [3.63, 3.8) is 0 Å². The number of fused-ring (bicyclic) bond motifs is 1. The summed E-state index contributed by atoms with van der Waals surface area (Å²) < 4.78 is 1.60. The summed E-state index contributed by atoms with van der Waals surface area (Å²) in [4.78, 5) is 28.4. The van der Waals surface area contributed by atoms with Crippen LogP contribution in [0.1, 0.15) is 23.2 Å². The van der Waals surface area contributed by atoms with Gasteiger partial charge in [0.2, 0.25) is 11.0 Å². The van der Waals surface area contributed by atoms with Gasteiger partial charge >= 0.3 is 0 Å². The minimum absolute atomic E-state index is 0.105. The van der Waals surface area contributed by atoms with Crippen molar-refractivity contribution in [1.82, 2.24) is 19.7 Å². The van der Waals surface area contributed by atoms with Crippen LogP contribution in [0.2, 0.25) is 0 Å². The van der Waals surface area contributed by atoms with Crippen molar-refractivity contribution in [2.24, 2.45) is 0 Å². The minimum Gasteiger partial charge on any atom is -0.300 e. The van der Waals surface area contributed by atoms with Gasteiger partial charge in [-0.2, -0.15) is 0 Å². The molecule has 3 heterocycles. The molecule has 0 saturated heterocycles. The van der Waals surface area contributed by atoms with Crippen molar-refractivity contribution >= 4 is 34.1 Å². The van der Waals surface area contributed by atoms with E-state index in [0.717, 1.165) is 5.01 Å². The van der Waals surface area contributed by atoms with Gasteiger partial charge in [0.1, 0.15) is 5.01 Å². The topological polar surface area (TPSA) is 89.8 Å². The van der Waals surface area contributed by atoms with Gasteiger partial charge in [-0.05, 0) is 13.8 Å². The Morgan fingerprint density at radius 2 is 2.29 bits per heavy atom. The van der Waals surface area contributed by atoms with Crippen LogP contribution in [-0.4, -0.2) is 31.4 Å². The highest BCUT2D eigenvalue weighted by molar-refractivity contribution is 7.99. The van der Waals surface area contributed by atoms with Crippen LogP contribution in [0.3, 0.4) is 0 Å². The summed E-state index contributed by atoms with van der Waals surface area (Å²) in [6.07, 6.45) is 0.225. The molecule has 7 nitrogen and oxygen atoms in total. The standard InChI is InChI=1S/C12H13N5O2S2/c1-6-3-10(19)17-8(5-20-12(17)13-6)4-9(18)14-11-16-15-7(2)21-11/h3,8H,4-5H2,1-2H3,(H,14,16,18)/t8-/m1/s1. The molecule has 1 aliphatic heterocycles. The smallest absolute Gasteiger partial charge is 0.254 e. The average Bonchev–Trinajstić information content (AvgIpc) is 2.96. The van der Waals surface area contributed by atoms with Crippen molar-refractivity contribution in [2.75, 3.05) is 11.1 Å². The predicted octanol–water partition coefficient (Wildman–Crippen LogP) is 1.39. The first-order valence-electron chi connectivity index (χ1n) is 6.36. The number of thioether (sulfide) groups is 1. The summed E-state index contributed by atoms with van der Waals surface area (Å²) >= 11 is 2.83. The summed E-state index contributed by atoms with van der Waals surface area (Å²) in [5, 5.41) is 12.4. The number of rotatable bonds is 3. The van der Waals surface area contributed by atoms with Gasteiger partial charge in [-0.15, -0.1) is 10.2 Å². The highest BCUT2D eigenvalue weighted by Crippen LogP contribution is 2.32. The molecule has 0 saturated carbocycles. The Morgan fingerprint density at radius 3 is 3.00 bits per heavy atom. The zero-order valence-electron chi connectivity index (χ0n) is 11.5. The molecule has 2 aromatic heterocycles. The molecule has 110 valence electrons. The maximum absolute atomic E-state index is 12.0. The fourth-order valence-corrected chi connectivity index (χ4v) is 3.95. The summed E-state index contributed by atoms with van der Waals surface area (Å²) in [7, 11) is 0. The van der Waals surface area contributed by atoms with E-state index >= 15 is 0 Å². The zero-order chi connectivity index (χ0) is 15.0. The van der Waals surface area contributed by atoms with E-state index < -0.39 is 0 Å². The number of nitrogens with zero attached hydrogens (tertiary/aromatic N) is 4. The van der Waals surface area contributed by atoms with Gasteiger partial charge in [0, 0.05) is 23.9 Å². The first-order valence-corrected chi connectivity index (χ1v) is 8.16. The molecule has 0 bridgehead atoms. The number of nitrogens with one attached hydrogen (secondary N) is 1. The summed E-state index contributed by atoms with van der Waals surface area (Å²) in [6.45, 7) is 3.62. The largest absolute Gasteiger partial charge is 0.300 e. The quantitative estimate of drug-likeness (QED) is 0.859. The summed E-state index contributed by atoms with van der Waals surface area (Å²) in [5.74, 6) is 0.505. The first kappa shape index (κ1) is 14.2. The van der Waals surface area contributed by atoms with Crippen LogP contribution in [0.4, 0.5) is 5.13 Å². The van der Waals surface area contributed by atoms with Crippen LogP contribution in [-0.2, 0) is 4.79 Å². The van der Waals surface area contributed by atoms with E-state index in [1.165, 1.54) is 29.2 Å². The number of carbonyl (C=O) groups excluding carboxylic acids is 1. The van der Waals surface area contributed by atoms with E-state index in [1.807, 2.05) is 6.92 Å². The zero-order valence-corrected chi connectivity index (χ0v) is 13.1. The van der Waals surface area contributed by atoms with Crippen LogP contribution < -0.4 is 10.9 Å². The monoisotopic (exact) mass is 323 g/mol. The van der Waals surface area contributed by atoms with Crippen LogP contribution >= 0.6 is 23.1 Å². The van der Waals surface area contributed by atoms with Crippen LogP contribution in [0.25, 0.3) is 0 Å². The molecule has 0 unspecified atom stereocenters. The van der Waals surface area contributed by atoms with Gasteiger partial charge in [-0.25, -0.2) is 4.98 Å². The fourth-order valence-electron chi connectivity index (χ4n) is 2.14. The third-order valence-corrected chi connectivity index (χ3v) is 4.86. The lowest BCUT2D eigenvalue weighted by molar-refractivity contribution is -0.116. The van der Waals surface area contributed by atoms with E-state index in [2.05, 4.69) is 20.5 Å². The number of anilines is 1. The number of carbonyl (C=O) groups is 1. The Kier molecular flexibility index (Phi) is 3.77. The number of aryl methyl sites for hydroxylation is 2. The molecule has 0 aliphatic carbocycles. The molecule has 0 spiro atoms. The van der Waals surface area contributed by atoms with Gasteiger partial charge in [0.25, 0.3) is 5.56 Å². The molecule has 0 fully saturated rings. The van der Waals surface area contributed by atoms with Crippen molar-refractivity contribution < 1.29 is 4.79 Å². The van der Waals surface area contributed by atoms with Gasteiger partial charge < -0.3 is 5.32 Å². The van der Waals surface area contributed by atoms with E-state index in [4.69, 9.17) is 0 Å². The second-order valence-electron chi connectivity index (χ2n) is 4.73. The van der Waals surface area contributed by atoms with Crippen molar-refractivity contribution in [3.05, 3.63) is 27.1 Å². The molecular formula is C12H13N5O2S2. The lowest BCUT2D eigenvalue weighted by atomic mass is 10.2. The van der Waals surface area contributed by atoms with E-state index in [9.17, 15) is 9.59 Å². The van der Waals surface area contributed by atoms with E-state index in [1.54, 1.807) is 11.5 Å². The Balaban J connectivity index is 1.73. The number of aromatic nitrogens is 4. The van der Waals surface area contributed by atoms with Gasteiger partial charge in [-0.3, -0.25) is 14.2 Å². The molecule has 1 amide bonds. The molecule has 0 aromatic carbocycles. The Labute approximate surface area is 128 Å². The van der Waals surface area contributed by atoms with Gasteiger partial charge in [0.15, 0.2) is 5.16 Å². The van der Waals surface area contributed by atoms with E-state index in [-0.39, 0.29) is 23.9 Å². The molecule has 1 atom stereocenters. The molecule has 2 aromatic rings. The highest BCUT2D eigenvalue weighted by atomic mass is 32.2. The van der Waals surface area contributed by atoms with Crippen LogP contribution in [0.15, 0.2) is 16.0 Å². The number of amides is 1. The summed E-state index contributed by atoms with van der Waals surface area (Å²) in [5.41, 5.74) is 0.597. The fraction of sp³-hybridized carbons (Fsp3) is 0.417. The first-order chi connectivity index (χ1) is 10.0. The normalized spacial score (nSPS) is 16.8. The third-order valence-electron chi connectivity index (χ3n) is 3.01. The second kappa shape index (κ2) is 5.57. The molecule has 1 aliphatic rings. The van der Waals surface area contributed by atoms with Crippen LogP contribution in [0, 0.1) is 13.8 Å².